The highest BCUT2D eigenvalue weighted by Crippen LogP contribution is 2.26. The van der Waals surface area contributed by atoms with Crippen LogP contribution in [0.5, 0.6) is 0 Å². The van der Waals surface area contributed by atoms with E-state index in [-0.39, 0.29) is 5.84 Å². The number of rotatable bonds is 4. The second-order valence-corrected chi connectivity index (χ2v) is 6.34. The van der Waals surface area contributed by atoms with Crippen molar-refractivity contribution in [3.63, 3.8) is 0 Å². The molecule has 1 heterocycles. The van der Waals surface area contributed by atoms with E-state index in [1.54, 1.807) is 0 Å². The highest BCUT2D eigenvalue weighted by Gasteiger charge is 2.22. The number of anilines is 1. The zero-order valence-electron chi connectivity index (χ0n) is 12.6. The molecule has 1 aromatic carbocycles. The molecule has 1 saturated heterocycles. The Labute approximate surface area is 134 Å². The lowest BCUT2D eigenvalue weighted by Gasteiger charge is -2.39. The molecule has 0 saturated carbocycles. The zero-order valence-corrected chi connectivity index (χ0v) is 14.2. The van der Waals surface area contributed by atoms with Crippen molar-refractivity contribution in [3.05, 3.63) is 28.2 Å². The minimum atomic E-state index is 0.154. The third kappa shape index (κ3) is 3.68. The summed E-state index contributed by atoms with van der Waals surface area (Å²) in [7, 11) is 0. The van der Waals surface area contributed by atoms with Crippen molar-refractivity contribution >= 4 is 27.5 Å². The number of nitrogens with two attached hydrogens (primary N) is 1. The van der Waals surface area contributed by atoms with Crippen LogP contribution in [-0.4, -0.2) is 48.2 Å². The Hall–Kier alpha value is -1.27. The van der Waals surface area contributed by atoms with Gasteiger partial charge in [0.25, 0.3) is 0 Å². The Balaban J connectivity index is 2.18. The molecule has 2 rings (SSSR count). The first-order valence-corrected chi connectivity index (χ1v) is 8.12. The summed E-state index contributed by atoms with van der Waals surface area (Å²) >= 11 is 3.50. The summed E-state index contributed by atoms with van der Waals surface area (Å²) in [5.74, 6) is 0.154. The third-order valence-corrected chi connectivity index (χ3v) is 4.71. The van der Waals surface area contributed by atoms with Crippen molar-refractivity contribution < 1.29 is 5.21 Å². The summed E-state index contributed by atoms with van der Waals surface area (Å²) in [6, 6.07) is 6.45. The van der Waals surface area contributed by atoms with Crippen LogP contribution in [0.25, 0.3) is 0 Å². The lowest BCUT2D eigenvalue weighted by molar-refractivity contribution is 0.193. The quantitative estimate of drug-likeness (QED) is 0.377. The summed E-state index contributed by atoms with van der Waals surface area (Å²) in [4.78, 5) is 4.81. The second-order valence-electron chi connectivity index (χ2n) is 5.43. The fourth-order valence-corrected chi connectivity index (χ4v) is 3.05. The Morgan fingerprint density at radius 1 is 1.38 bits per heavy atom. The van der Waals surface area contributed by atoms with Gasteiger partial charge in [0.2, 0.25) is 0 Å². The van der Waals surface area contributed by atoms with E-state index in [1.165, 1.54) is 6.42 Å². The number of hydrogen-bond acceptors (Lipinski definition) is 4. The van der Waals surface area contributed by atoms with E-state index in [4.69, 9.17) is 10.9 Å². The number of benzene rings is 1. The molecule has 0 aliphatic carbocycles. The molecule has 0 aromatic heterocycles. The first kappa shape index (κ1) is 16.1. The molecule has 1 aliphatic rings. The first-order chi connectivity index (χ1) is 10.1. The number of hydrogen-bond donors (Lipinski definition) is 2. The van der Waals surface area contributed by atoms with Crippen LogP contribution in [0.1, 0.15) is 25.8 Å². The molecular weight excluding hydrogens is 332 g/mol. The van der Waals surface area contributed by atoms with E-state index in [2.05, 4.69) is 44.7 Å². The van der Waals surface area contributed by atoms with E-state index in [9.17, 15) is 0 Å². The SMILES string of the molecule is CCC(C)N1CCN(c2cc(Br)ccc2/C(N)=N/O)CC1. The maximum atomic E-state index is 8.95. The number of nitrogens with zero attached hydrogens (tertiary/aromatic N) is 3. The van der Waals surface area contributed by atoms with E-state index >= 15 is 0 Å². The monoisotopic (exact) mass is 354 g/mol. The summed E-state index contributed by atoms with van der Waals surface area (Å²) in [5.41, 5.74) is 7.59. The molecule has 116 valence electrons. The fraction of sp³-hybridized carbons (Fsp3) is 0.533. The Morgan fingerprint density at radius 3 is 2.62 bits per heavy atom. The standard InChI is InChI=1S/C15H23BrN4O/c1-3-11(2)19-6-8-20(9-7-19)14-10-12(16)4-5-13(14)15(17)18-21/h4-5,10-11,21H,3,6-9H2,1-2H3,(H2,17,18). The Morgan fingerprint density at radius 2 is 2.05 bits per heavy atom. The van der Waals surface area contributed by atoms with Crippen molar-refractivity contribution in [2.24, 2.45) is 10.9 Å². The summed E-state index contributed by atoms with van der Waals surface area (Å²) < 4.78 is 0.997. The van der Waals surface area contributed by atoms with Crippen LogP contribution >= 0.6 is 15.9 Å². The minimum Gasteiger partial charge on any atom is -0.409 e. The predicted molar refractivity (Wildman–Crippen MR) is 90.2 cm³/mol. The van der Waals surface area contributed by atoms with Crippen molar-refractivity contribution in [1.29, 1.82) is 0 Å². The molecule has 1 atom stereocenters. The van der Waals surface area contributed by atoms with Crippen LogP contribution < -0.4 is 10.6 Å². The van der Waals surface area contributed by atoms with E-state index in [1.807, 2.05) is 18.2 Å². The number of oxime groups is 1. The highest BCUT2D eigenvalue weighted by molar-refractivity contribution is 9.10. The fourth-order valence-electron chi connectivity index (χ4n) is 2.70. The average Bonchev–Trinajstić information content (AvgIpc) is 2.53. The summed E-state index contributed by atoms with van der Waals surface area (Å²) in [6.07, 6.45) is 1.17. The number of halogens is 1. The molecule has 6 heteroatoms. The van der Waals surface area contributed by atoms with Gasteiger partial charge < -0.3 is 15.8 Å². The molecule has 3 N–H and O–H groups in total. The molecule has 0 amide bonds. The molecule has 1 aliphatic heterocycles. The maximum absolute atomic E-state index is 8.95. The topological polar surface area (TPSA) is 65.1 Å². The van der Waals surface area contributed by atoms with E-state index in [0.717, 1.165) is 41.9 Å². The molecule has 1 fully saturated rings. The largest absolute Gasteiger partial charge is 0.409 e. The van der Waals surface area contributed by atoms with Crippen molar-refractivity contribution in [2.45, 2.75) is 26.3 Å². The molecule has 1 aromatic rings. The Bertz CT molecular complexity index is 512. The van der Waals surface area contributed by atoms with Crippen LogP contribution in [0.4, 0.5) is 5.69 Å². The van der Waals surface area contributed by atoms with Gasteiger partial charge in [-0.2, -0.15) is 0 Å². The molecule has 1 unspecified atom stereocenters. The van der Waals surface area contributed by atoms with Gasteiger partial charge in [-0.05, 0) is 31.5 Å². The lowest BCUT2D eigenvalue weighted by atomic mass is 10.1. The second kappa shape index (κ2) is 7.13. The third-order valence-electron chi connectivity index (χ3n) is 4.21. The van der Waals surface area contributed by atoms with Gasteiger partial charge in [-0.3, -0.25) is 4.90 Å². The summed E-state index contributed by atoms with van der Waals surface area (Å²) in [5, 5.41) is 12.1. The molecule has 0 bridgehead atoms. The van der Waals surface area contributed by atoms with Crippen molar-refractivity contribution in [3.8, 4) is 0 Å². The zero-order chi connectivity index (χ0) is 15.4. The normalized spacial score (nSPS) is 18.8. The highest BCUT2D eigenvalue weighted by atomic mass is 79.9. The van der Waals surface area contributed by atoms with Gasteiger partial charge in [0.05, 0.1) is 0 Å². The van der Waals surface area contributed by atoms with E-state index < -0.39 is 0 Å². The van der Waals surface area contributed by atoms with Gasteiger partial charge in [0.15, 0.2) is 5.84 Å². The van der Waals surface area contributed by atoms with Gasteiger partial charge in [-0.25, -0.2) is 0 Å². The van der Waals surface area contributed by atoms with Gasteiger partial charge in [-0.15, -0.1) is 0 Å². The molecule has 0 radical (unpaired) electrons. The Kier molecular flexibility index (Phi) is 5.47. The lowest BCUT2D eigenvalue weighted by Crippen LogP contribution is -2.49. The molecule has 5 nitrogen and oxygen atoms in total. The number of piperazine rings is 1. The van der Waals surface area contributed by atoms with Crippen LogP contribution in [0, 0.1) is 0 Å². The van der Waals surface area contributed by atoms with Crippen LogP contribution in [0.15, 0.2) is 27.8 Å². The molecular formula is C15H23BrN4O. The van der Waals surface area contributed by atoms with Crippen LogP contribution in [0.2, 0.25) is 0 Å². The predicted octanol–water partition coefficient (Wildman–Crippen LogP) is 2.46. The first-order valence-electron chi connectivity index (χ1n) is 7.33. The van der Waals surface area contributed by atoms with Crippen LogP contribution in [0.3, 0.4) is 0 Å². The molecule has 21 heavy (non-hydrogen) atoms. The number of amidine groups is 1. The molecule has 0 spiro atoms. The smallest absolute Gasteiger partial charge is 0.172 e. The summed E-state index contributed by atoms with van der Waals surface area (Å²) in [6.45, 7) is 8.48. The van der Waals surface area contributed by atoms with Gasteiger partial charge in [0.1, 0.15) is 0 Å². The van der Waals surface area contributed by atoms with Gasteiger partial charge in [-0.1, -0.05) is 28.0 Å². The van der Waals surface area contributed by atoms with Crippen molar-refractivity contribution in [2.75, 3.05) is 31.1 Å². The maximum Gasteiger partial charge on any atom is 0.172 e. The van der Waals surface area contributed by atoms with E-state index in [0.29, 0.717) is 6.04 Å². The van der Waals surface area contributed by atoms with Gasteiger partial charge >= 0.3 is 0 Å². The van der Waals surface area contributed by atoms with Gasteiger partial charge in [0, 0.05) is 47.9 Å². The van der Waals surface area contributed by atoms with Crippen molar-refractivity contribution in [1.82, 2.24) is 4.90 Å². The average molecular weight is 355 g/mol. The van der Waals surface area contributed by atoms with Crippen LogP contribution in [-0.2, 0) is 0 Å². The minimum absolute atomic E-state index is 0.154.